The van der Waals surface area contributed by atoms with Crippen molar-refractivity contribution >= 4 is 0 Å². The quantitative estimate of drug-likeness (QED) is 0.581. The van der Waals surface area contributed by atoms with E-state index in [-0.39, 0.29) is 6.23 Å². The molecule has 116 valence electrons. The third kappa shape index (κ3) is 5.99. The first-order valence-electron chi connectivity index (χ1n) is 7.25. The van der Waals surface area contributed by atoms with Gasteiger partial charge in [-0.3, -0.25) is 5.32 Å². The van der Waals surface area contributed by atoms with Crippen LogP contribution in [0.5, 0.6) is 11.5 Å². The second kappa shape index (κ2) is 8.87. The van der Waals surface area contributed by atoms with Gasteiger partial charge in [0, 0.05) is 12.6 Å². The number of aliphatic hydroxyl groups excluding tert-OH is 1. The molecule has 0 aromatic heterocycles. The third-order valence-electron chi connectivity index (χ3n) is 2.82. The minimum absolute atomic E-state index is 0.388. The molecule has 2 atom stereocenters. The summed E-state index contributed by atoms with van der Waals surface area (Å²) < 4.78 is 11.3. The van der Waals surface area contributed by atoms with Crippen molar-refractivity contribution in [2.45, 2.75) is 19.3 Å². The van der Waals surface area contributed by atoms with E-state index >= 15 is 0 Å². The van der Waals surface area contributed by atoms with Crippen LogP contribution in [-0.2, 0) is 0 Å². The van der Waals surface area contributed by atoms with Crippen molar-refractivity contribution in [3.05, 3.63) is 73.0 Å². The summed E-state index contributed by atoms with van der Waals surface area (Å²) in [5, 5.41) is 12.5. The predicted octanol–water partition coefficient (Wildman–Crippen LogP) is 2.95. The molecule has 0 saturated heterocycles. The van der Waals surface area contributed by atoms with Gasteiger partial charge >= 0.3 is 0 Å². The Bertz CT molecular complexity index is 555. The Hall–Kier alpha value is -2.30. The molecule has 0 saturated carbocycles. The second-order valence-electron chi connectivity index (χ2n) is 4.87. The van der Waals surface area contributed by atoms with Crippen molar-refractivity contribution in [1.29, 1.82) is 0 Å². The lowest BCUT2D eigenvalue weighted by molar-refractivity contribution is 0.150. The van der Waals surface area contributed by atoms with Gasteiger partial charge < -0.3 is 14.6 Å². The van der Waals surface area contributed by atoms with Crippen molar-refractivity contribution in [2.75, 3.05) is 6.54 Å². The summed E-state index contributed by atoms with van der Waals surface area (Å²) in [4.78, 5) is 0. The molecule has 0 fully saturated rings. The Labute approximate surface area is 131 Å². The summed E-state index contributed by atoms with van der Waals surface area (Å²) in [6.45, 7) is 2.14. The molecular formula is C18H21NO3. The summed E-state index contributed by atoms with van der Waals surface area (Å²) in [5.74, 6) is 1.50. The molecule has 2 rings (SSSR count). The third-order valence-corrected chi connectivity index (χ3v) is 2.82. The molecule has 22 heavy (non-hydrogen) atoms. The standard InChI is InChI=1S/C18H21NO3/c1-15(20)14-19-18(22-17-10-6-3-7-11-17)12-13-21-16-8-4-2-5-9-16/h2-13,15,18-20H,14H2,1H3/b13-12+. The average Bonchev–Trinajstić information content (AvgIpc) is 2.54. The summed E-state index contributed by atoms with van der Waals surface area (Å²) in [6.07, 6.45) is 2.51. The summed E-state index contributed by atoms with van der Waals surface area (Å²) in [7, 11) is 0. The maximum atomic E-state index is 9.40. The first-order valence-corrected chi connectivity index (χ1v) is 7.25. The molecule has 0 heterocycles. The number of aliphatic hydroxyl groups is 1. The Morgan fingerprint density at radius 1 is 1.00 bits per heavy atom. The van der Waals surface area contributed by atoms with Crippen molar-refractivity contribution in [3.63, 3.8) is 0 Å². The molecule has 0 aliphatic heterocycles. The smallest absolute Gasteiger partial charge is 0.172 e. The van der Waals surface area contributed by atoms with E-state index in [4.69, 9.17) is 9.47 Å². The van der Waals surface area contributed by atoms with Crippen LogP contribution in [0, 0.1) is 0 Å². The molecule has 0 amide bonds. The van der Waals surface area contributed by atoms with Gasteiger partial charge in [-0.05, 0) is 31.2 Å². The van der Waals surface area contributed by atoms with Gasteiger partial charge in [0.25, 0.3) is 0 Å². The van der Waals surface area contributed by atoms with Crippen molar-refractivity contribution in [1.82, 2.24) is 5.32 Å². The summed E-state index contributed by atoms with van der Waals surface area (Å²) in [5.41, 5.74) is 0. The number of ether oxygens (including phenoxy) is 2. The molecule has 2 aromatic carbocycles. The van der Waals surface area contributed by atoms with Crippen LogP contribution >= 0.6 is 0 Å². The van der Waals surface area contributed by atoms with Gasteiger partial charge in [0.1, 0.15) is 11.5 Å². The maximum Gasteiger partial charge on any atom is 0.172 e. The van der Waals surface area contributed by atoms with Crippen LogP contribution < -0.4 is 14.8 Å². The Morgan fingerprint density at radius 3 is 2.18 bits per heavy atom. The Morgan fingerprint density at radius 2 is 1.59 bits per heavy atom. The summed E-state index contributed by atoms with van der Waals surface area (Å²) >= 11 is 0. The van der Waals surface area contributed by atoms with E-state index in [1.54, 1.807) is 19.3 Å². The minimum Gasteiger partial charge on any atom is -0.472 e. The molecule has 2 unspecified atom stereocenters. The van der Waals surface area contributed by atoms with Gasteiger partial charge in [-0.25, -0.2) is 0 Å². The molecule has 4 heteroatoms. The zero-order valence-corrected chi connectivity index (χ0v) is 12.6. The molecule has 0 bridgehead atoms. The van der Waals surface area contributed by atoms with Gasteiger partial charge in [-0.2, -0.15) is 0 Å². The molecule has 2 N–H and O–H groups in total. The average molecular weight is 299 g/mol. The monoisotopic (exact) mass is 299 g/mol. The molecule has 0 spiro atoms. The fourth-order valence-electron chi connectivity index (χ4n) is 1.77. The van der Waals surface area contributed by atoms with Gasteiger partial charge in [-0.15, -0.1) is 0 Å². The van der Waals surface area contributed by atoms with Crippen LogP contribution in [0.1, 0.15) is 6.92 Å². The topological polar surface area (TPSA) is 50.7 Å². The van der Waals surface area contributed by atoms with E-state index in [1.807, 2.05) is 60.7 Å². The largest absolute Gasteiger partial charge is 0.472 e. The molecule has 0 aliphatic rings. The Balaban J connectivity index is 1.94. The number of nitrogens with one attached hydrogen (secondary N) is 1. The summed E-state index contributed by atoms with van der Waals surface area (Å²) in [6, 6.07) is 19.0. The number of benzene rings is 2. The molecule has 0 aliphatic carbocycles. The normalized spacial score (nSPS) is 13.7. The highest BCUT2D eigenvalue weighted by Crippen LogP contribution is 2.12. The van der Waals surface area contributed by atoms with Crippen molar-refractivity contribution in [3.8, 4) is 11.5 Å². The van der Waals surface area contributed by atoms with Crippen LogP contribution in [0.2, 0.25) is 0 Å². The van der Waals surface area contributed by atoms with Crippen LogP contribution in [0.15, 0.2) is 73.0 Å². The number of rotatable bonds is 8. The minimum atomic E-state index is -0.453. The fraction of sp³-hybridized carbons (Fsp3) is 0.222. The van der Waals surface area contributed by atoms with Gasteiger partial charge in [0.05, 0.1) is 12.4 Å². The van der Waals surface area contributed by atoms with E-state index in [2.05, 4.69) is 5.32 Å². The van der Waals surface area contributed by atoms with Crippen LogP contribution in [0.4, 0.5) is 0 Å². The first-order chi connectivity index (χ1) is 10.7. The first kappa shape index (κ1) is 16.1. The predicted molar refractivity (Wildman–Crippen MR) is 86.8 cm³/mol. The van der Waals surface area contributed by atoms with Crippen molar-refractivity contribution < 1.29 is 14.6 Å². The van der Waals surface area contributed by atoms with Crippen molar-refractivity contribution in [2.24, 2.45) is 0 Å². The lowest BCUT2D eigenvalue weighted by Gasteiger charge is -2.18. The number of hydrogen-bond acceptors (Lipinski definition) is 4. The second-order valence-corrected chi connectivity index (χ2v) is 4.87. The van der Waals surface area contributed by atoms with Crippen LogP contribution in [0.3, 0.4) is 0 Å². The van der Waals surface area contributed by atoms with Gasteiger partial charge in [0.2, 0.25) is 0 Å². The maximum absolute atomic E-state index is 9.40. The highest BCUT2D eigenvalue weighted by atomic mass is 16.5. The van der Waals surface area contributed by atoms with E-state index in [0.29, 0.717) is 6.54 Å². The van der Waals surface area contributed by atoms with E-state index < -0.39 is 6.10 Å². The van der Waals surface area contributed by atoms with E-state index in [0.717, 1.165) is 11.5 Å². The van der Waals surface area contributed by atoms with Crippen LogP contribution in [0.25, 0.3) is 0 Å². The van der Waals surface area contributed by atoms with E-state index in [1.165, 1.54) is 0 Å². The number of hydrogen-bond donors (Lipinski definition) is 2. The lowest BCUT2D eigenvalue weighted by Crippen LogP contribution is -2.37. The zero-order chi connectivity index (χ0) is 15.6. The highest BCUT2D eigenvalue weighted by molar-refractivity contribution is 5.23. The fourth-order valence-corrected chi connectivity index (χ4v) is 1.77. The molecule has 0 radical (unpaired) electrons. The number of para-hydroxylation sites is 2. The molecule has 2 aromatic rings. The van der Waals surface area contributed by atoms with Gasteiger partial charge in [-0.1, -0.05) is 36.4 Å². The lowest BCUT2D eigenvalue weighted by atomic mass is 10.3. The Kier molecular flexibility index (Phi) is 6.48. The molecular weight excluding hydrogens is 278 g/mol. The zero-order valence-electron chi connectivity index (χ0n) is 12.6. The molecule has 4 nitrogen and oxygen atoms in total. The highest BCUT2D eigenvalue weighted by Gasteiger charge is 2.07. The SMILES string of the molecule is CC(O)CNC(/C=C/Oc1ccccc1)Oc1ccccc1. The van der Waals surface area contributed by atoms with E-state index in [9.17, 15) is 5.11 Å². The van der Waals surface area contributed by atoms with Gasteiger partial charge in [0.15, 0.2) is 6.23 Å². The van der Waals surface area contributed by atoms with Crippen LogP contribution in [-0.4, -0.2) is 24.0 Å².